The summed E-state index contributed by atoms with van der Waals surface area (Å²) in [5.41, 5.74) is 4.56. The van der Waals surface area contributed by atoms with E-state index in [-0.39, 0.29) is 5.91 Å². The van der Waals surface area contributed by atoms with Crippen molar-refractivity contribution in [2.75, 3.05) is 0 Å². The van der Waals surface area contributed by atoms with Crippen molar-refractivity contribution in [2.45, 2.75) is 6.92 Å². The molecule has 3 nitrogen and oxygen atoms in total. The normalized spacial score (nSPS) is 11.1. The van der Waals surface area contributed by atoms with Crippen molar-refractivity contribution in [3.63, 3.8) is 0 Å². The van der Waals surface area contributed by atoms with Crippen LogP contribution in [0.1, 0.15) is 15.2 Å². The van der Waals surface area contributed by atoms with Gasteiger partial charge in [0.05, 0.1) is 16.4 Å². The molecule has 0 aliphatic carbocycles. The fraction of sp³-hybridized carbons (Fsp3) is 0.0400. The zero-order valence-corrected chi connectivity index (χ0v) is 17.7. The monoisotopic (exact) mass is 428 g/mol. The van der Waals surface area contributed by atoms with Crippen molar-refractivity contribution in [3.8, 4) is 22.5 Å². The van der Waals surface area contributed by atoms with Gasteiger partial charge in [0.2, 0.25) is 0 Å². The number of hydrogen-bond donors (Lipinski definition) is 0. The Balaban J connectivity index is 1.68. The van der Waals surface area contributed by atoms with Crippen LogP contribution in [0.3, 0.4) is 0 Å². The summed E-state index contributed by atoms with van der Waals surface area (Å²) in [6.45, 7) is 2.05. The Morgan fingerprint density at radius 2 is 1.60 bits per heavy atom. The fourth-order valence-electron chi connectivity index (χ4n) is 3.46. The van der Waals surface area contributed by atoms with Gasteiger partial charge in [-0.15, -0.1) is 11.3 Å². The van der Waals surface area contributed by atoms with E-state index in [4.69, 9.17) is 11.6 Å². The Hall–Kier alpha value is -3.21. The van der Waals surface area contributed by atoms with Gasteiger partial charge in [-0.3, -0.25) is 4.79 Å². The number of carbonyl (C=O) groups is 1. The van der Waals surface area contributed by atoms with Crippen molar-refractivity contribution < 1.29 is 4.79 Å². The molecule has 0 aliphatic rings. The van der Waals surface area contributed by atoms with Crippen LogP contribution in [0.15, 0.2) is 84.9 Å². The summed E-state index contributed by atoms with van der Waals surface area (Å²) in [7, 11) is 0. The van der Waals surface area contributed by atoms with E-state index in [0.29, 0.717) is 9.90 Å². The van der Waals surface area contributed by atoms with Gasteiger partial charge >= 0.3 is 0 Å². The number of benzene rings is 3. The Labute approximate surface area is 183 Å². The molecule has 30 heavy (non-hydrogen) atoms. The molecule has 0 radical (unpaired) electrons. The van der Waals surface area contributed by atoms with E-state index in [0.717, 1.165) is 32.6 Å². The quantitative estimate of drug-likeness (QED) is 0.307. The molecule has 5 rings (SSSR count). The van der Waals surface area contributed by atoms with Crippen LogP contribution in [0, 0.1) is 6.92 Å². The molecule has 0 spiro atoms. The summed E-state index contributed by atoms with van der Waals surface area (Å²) in [5, 5.41) is 6.06. The molecule has 0 unspecified atom stereocenters. The molecule has 0 amide bonds. The lowest BCUT2D eigenvalue weighted by atomic mass is 10.1. The Kier molecular flexibility index (Phi) is 4.74. The lowest BCUT2D eigenvalue weighted by Crippen LogP contribution is -2.14. The highest BCUT2D eigenvalue weighted by Crippen LogP contribution is 2.37. The lowest BCUT2D eigenvalue weighted by Gasteiger charge is -2.05. The molecule has 0 aliphatic heterocycles. The summed E-state index contributed by atoms with van der Waals surface area (Å²) in [5.74, 6) is -0.224. The van der Waals surface area contributed by atoms with Crippen LogP contribution in [-0.2, 0) is 0 Å². The summed E-state index contributed by atoms with van der Waals surface area (Å²) in [6.07, 6.45) is 0. The highest BCUT2D eigenvalue weighted by Gasteiger charge is 2.23. The fourth-order valence-corrected chi connectivity index (χ4v) is 4.90. The smallest absolute Gasteiger partial charge is 0.266 e. The second-order valence-electron chi connectivity index (χ2n) is 7.11. The van der Waals surface area contributed by atoms with Crippen molar-refractivity contribution in [1.29, 1.82) is 0 Å². The SMILES string of the molecule is Cc1ccc(-c2cc(-c3ccccc3)n(C(=O)c3sc4ccccc4c3Cl)n2)cc1. The van der Waals surface area contributed by atoms with Gasteiger partial charge in [-0.1, -0.05) is 90.0 Å². The standard InChI is InChI=1S/C25H17ClN2OS/c1-16-11-13-17(14-12-16)20-15-21(18-7-3-2-4-8-18)28(27-20)25(29)24-23(26)19-9-5-6-10-22(19)30-24/h2-15H,1H3. The minimum atomic E-state index is -0.224. The molecule has 3 aromatic carbocycles. The molecule has 5 aromatic rings. The molecule has 2 aromatic heterocycles. The number of hydrogen-bond acceptors (Lipinski definition) is 3. The Morgan fingerprint density at radius 3 is 2.33 bits per heavy atom. The molecule has 0 saturated carbocycles. The third-order valence-electron chi connectivity index (χ3n) is 5.05. The summed E-state index contributed by atoms with van der Waals surface area (Å²) in [6, 6.07) is 27.7. The highest BCUT2D eigenvalue weighted by molar-refractivity contribution is 7.21. The Bertz CT molecular complexity index is 1370. The van der Waals surface area contributed by atoms with Crippen LogP contribution in [0.25, 0.3) is 32.6 Å². The molecule has 0 bridgehead atoms. The maximum Gasteiger partial charge on any atom is 0.290 e. The summed E-state index contributed by atoms with van der Waals surface area (Å²) in [4.78, 5) is 14.1. The maximum atomic E-state index is 13.6. The summed E-state index contributed by atoms with van der Waals surface area (Å²) >= 11 is 7.99. The molecule has 0 saturated heterocycles. The first-order valence-electron chi connectivity index (χ1n) is 9.56. The van der Waals surface area contributed by atoms with E-state index in [1.165, 1.54) is 21.6 Å². The van der Waals surface area contributed by atoms with E-state index < -0.39 is 0 Å². The largest absolute Gasteiger partial charge is 0.290 e. The van der Waals surface area contributed by atoms with Crippen LogP contribution in [0.2, 0.25) is 5.02 Å². The summed E-state index contributed by atoms with van der Waals surface area (Å²) < 4.78 is 2.46. The third-order valence-corrected chi connectivity index (χ3v) is 6.71. The van der Waals surface area contributed by atoms with E-state index in [1.807, 2.05) is 91.9 Å². The molecular formula is C25H17ClN2OS. The lowest BCUT2D eigenvalue weighted by molar-refractivity contribution is 0.0952. The second kappa shape index (κ2) is 7.56. The average molecular weight is 429 g/mol. The molecule has 5 heteroatoms. The Morgan fingerprint density at radius 1 is 0.900 bits per heavy atom. The number of carbonyl (C=O) groups excluding carboxylic acids is 1. The predicted molar refractivity (Wildman–Crippen MR) is 124 cm³/mol. The van der Waals surface area contributed by atoms with Crippen molar-refractivity contribution >= 4 is 38.9 Å². The first kappa shape index (κ1) is 18.8. The number of aromatic nitrogens is 2. The van der Waals surface area contributed by atoms with E-state index >= 15 is 0 Å². The number of aryl methyl sites for hydroxylation is 1. The van der Waals surface area contributed by atoms with Crippen LogP contribution in [0.4, 0.5) is 0 Å². The predicted octanol–water partition coefficient (Wildman–Crippen LogP) is 7.08. The molecule has 2 heterocycles. The van der Waals surface area contributed by atoms with Crippen LogP contribution < -0.4 is 0 Å². The van der Waals surface area contributed by atoms with Crippen molar-refractivity contribution in [3.05, 3.63) is 100 Å². The first-order chi connectivity index (χ1) is 14.6. The van der Waals surface area contributed by atoms with Gasteiger partial charge in [-0.25, -0.2) is 0 Å². The molecule has 0 N–H and O–H groups in total. The van der Waals surface area contributed by atoms with Gasteiger partial charge in [0, 0.05) is 21.2 Å². The topological polar surface area (TPSA) is 34.9 Å². The minimum Gasteiger partial charge on any atom is -0.266 e. The second-order valence-corrected chi connectivity index (χ2v) is 8.54. The van der Waals surface area contributed by atoms with Crippen LogP contribution >= 0.6 is 22.9 Å². The average Bonchev–Trinajstić information content (AvgIpc) is 3.37. The molecule has 0 fully saturated rings. The zero-order valence-electron chi connectivity index (χ0n) is 16.2. The third kappa shape index (κ3) is 3.24. The molecule has 0 atom stereocenters. The zero-order chi connectivity index (χ0) is 20.7. The van der Waals surface area contributed by atoms with E-state index in [2.05, 4.69) is 5.10 Å². The van der Waals surface area contributed by atoms with Gasteiger partial charge in [0.1, 0.15) is 4.88 Å². The molecular weight excluding hydrogens is 412 g/mol. The van der Waals surface area contributed by atoms with Gasteiger partial charge in [0.25, 0.3) is 5.91 Å². The minimum absolute atomic E-state index is 0.224. The number of rotatable bonds is 3. The van der Waals surface area contributed by atoms with Crippen molar-refractivity contribution in [2.24, 2.45) is 0 Å². The molecule has 146 valence electrons. The number of nitrogens with zero attached hydrogens (tertiary/aromatic N) is 2. The number of thiophene rings is 1. The van der Waals surface area contributed by atoms with Crippen LogP contribution in [-0.4, -0.2) is 15.7 Å². The van der Waals surface area contributed by atoms with Crippen molar-refractivity contribution in [1.82, 2.24) is 9.78 Å². The van der Waals surface area contributed by atoms with E-state index in [1.54, 1.807) is 0 Å². The maximum absolute atomic E-state index is 13.6. The van der Waals surface area contributed by atoms with Gasteiger partial charge < -0.3 is 0 Å². The number of fused-ring (bicyclic) bond motifs is 1. The highest BCUT2D eigenvalue weighted by atomic mass is 35.5. The first-order valence-corrected chi connectivity index (χ1v) is 10.8. The van der Waals surface area contributed by atoms with Crippen LogP contribution in [0.5, 0.6) is 0 Å². The van der Waals surface area contributed by atoms with Gasteiger partial charge in [-0.2, -0.15) is 9.78 Å². The van der Waals surface area contributed by atoms with Gasteiger partial charge in [-0.05, 0) is 19.1 Å². The van der Waals surface area contributed by atoms with E-state index in [9.17, 15) is 4.79 Å². The van der Waals surface area contributed by atoms with Gasteiger partial charge in [0.15, 0.2) is 0 Å². The number of halogens is 1.